The number of hydrogen-bond acceptors (Lipinski definition) is 3. The van der Waals surface area contributed by atoms with E-state index in [-0.39, 0.29) is 17.9 Å². The van der Waals surface area contributed by atoms with Crippen LogP contribution in [-0.2, 0) is 0 Å². The summed E-state index contributed by atoms with van der Waals surface area (Å²) in [5.41, 5.74) is 5.72. The van der Waals surface area contributed by atoms with Crippen molar-refractivity contribution < 1.29 is 5.11 Å². The highest BCUT2D eigenvalue weighted by Crippen LogP contribution is 2.26. The van der Waals surface area contributed by atoms with Gasteiger partial charge in [-0.1, -0.05) is 17.7 Å². The van der Waals surface area contributed by atoms with Gasteiger partial charge in [-0.15, -0.1) is 11.8 Å². The Labute approximate surface area is 93.5 Å². The number of nitrogens with two attached hydrogens (primary N) is 1. The summed E-state index contributed by atoms with van der Waals surface area (Å²) in [5.74, 6) is 0. The van der Waals surface area contributed by atoms with Crippen LogP contribution in [0.2, 0.25) is 5.02 Å². The van der Waals surface area contributed by atoms with E-state index in [1.54, 1.807) is 11.8 Å². The van der Waals surface area contributed by atoms with Crippen molar-refractivity contribution >= 4 is 23.4 Å². The maximum Gasteiger partial charge on any atom is 0.0568 e. The predicted molar refractivity (Wildman–Crippen MR) is 61.8 cm³/mol. The summed E-state index contributed by atoms with van der Waals surface area (Å²) in [7, 11) is 0. The van der Waals surface area contributed by atoms with Crippen molar-refractivity contribution in [3.63, 3.8) is 0 Å². The summed E-state index contributed by atoms with van der Waals surface area (Å²) in [6, 6.07) is 7.51. The number of rotatable bonds is 4. The highest BCUT2D eigenvalue weighted by molar-refractivity contribution is 8.00. The van der Waals surface area contributed by atoms with E-state index < -0.39 is 0 Å². The second-order valence-corrected chi connectivity index (χ2v) is 4.90. The molecule has 1 rings (SSSR count). The van der Waals surface area contributed by atoms with E-state index in [0.717, 1.165) is 4.90 Å². The molecule has 0 radical (unpaired) electrons. The van der Waals surface area contributed by atoms with Gasteiger partial charge in [0, 0.05) is 21.2 Å². The van der Waals surface area contributed by atoms with Gasteiger partial charge in [0.1, 0.15) is 0 Å². The predicted octanol–water partition coefficient (Wildman–Crippen LogP) is 2.14. The molecule has 0 aliphatic carbocycles. The molecule has 78 valence electrons. The van der Waals surface area contributed by atoms with Crippen LogP contribution in [0.3, 0.4) is 0 Å². The van der Waals surface area contributed by atoms with Crippen molar-refractivity contribution in [2.45, 2.75) is 23.1 Å². The Balaban J connectivity index is 2.67. The number of halogens is 1. The molecule has 0 aromatic heterocycles. The van der Waals surface area contributed by atoms with Crippen LogP contribution in [0.25, 0.3) is 0 Å². The van der Waals surface area contributed by atoms with Crippen LogP contribution < -0.4 is 5.73 Å². The second-order valence-electron chi connectivity index (χ2n) is 3.16. The number of aliphatic hydroxyl groups is 1. The first-order valence-corrected chi connectivity index (χ1v) is 5.68. The van der Waals surface area contributed by atoms with E-state index in [1.165, 1.54) is 0 Å². The maximum absolute atomic E-state index is 9.09. The van der Waals surface area contributed by atoms with E-state index in [1.807, 2.05) is 31.2 Å². The minimum absolute atomic E-state index is 0.0217. The van der Waals surface area contributed by atoms with Crippen LogP contribution in [0.5, 0.6) is 0 Å². The quantitative estimate of drug-likeness (QED) is 0.781. The van der Waals surface area contributed by atoms with Crippen molar-refractivity contribution in [3.8, 4) is 0 Å². The van der Waals surface area contributed by atoms with Crippen molar-refractivity contribution in [3.05, 3.63) is 29.3 Å². The van der Waals surface area contributed by atoms with Gasteiger partial charge < -0.3 is 10.8 Å². The van der Waals surface area contributed by atoms with Gasteiger partial charge in [0.05, 0.1) is 6.61 Å². The first-order chi connectivity index (χ1) is 6.63. The summed E-state index contributed by atoms with van der Waals surface area (Å²) in [6.07, 6.45) is 0. The number of benzene rings is 1. The summed E-state index contributed by atoms with van der Waals surface area (Å²) in [4.78, 5) is 1.04. The van der Waals surface area contributed by atoms with E-state index in [2.05, 4.69) is 0 Å². The maximum atomic E-state index is 9.09. The van der Waals surface area contributed by atoms with E-state index in [4.69, 9.17) is 22.4 Å². The van der Waals surface area contributed by atoms with Crippen molar-refractivity contribution in [2.75, 3.05) is 6.61 Å². The minimum Gasteiger partial charge on any atom is -0.395 e. The molecule has 0 saturated carbocycles. The Morgan fingerprint density at radius 3 is 2.79 bits per heavy atom. The van der Waals surface area contributed by atoms with Gasteiger partial charge in [-0.2, -0.15) is 0 Å². The lowest BCUT2D eigenvalue weighted by atomic mass is 10.3. The molecule has 0 heterocycles. The first kappa shape index (κ1) is 11.9. The summed E-state index contributed by atoms with van der Waals surface area (Å²) < 4.78 is 0. The summed E-state index contributed by atoms with van der Waals surface area (Å²) in [5, 5.41) is 9.82. The normalized spacial score (nSPS) is 15.1. The molecule has 2 unspecified atom stereocenters. The zero-order valence-corrected chi connectivity index (χ0v) is 9.55. The number of aliphatic hydroxyl groups excluding tert-OH is 1. The molecule has 2 atom stereocenters. The molecule has 0 spiro atoms. The second kappa shape index (κ2) is 5.61. The number of hydrogen-bond donors (Lipinski definition) is 2. The Kier molecular flexibility index (Phi) is 4.75. The Morgan fingerprint density at radius 1 is 1.57 bits per heavy atom. The van der Waals surface area contributed by atoms with Gasteiger partial charge in [-0.25, -0.2) is 0 Å². The largest absolute Gasteiger partial charge is 0.395 e. The van der Waals surface area contributed by atoms with Gasteiger partial charge in [0.25, 0.3) is 0 Å². The van der Waals surface area contributed by atoms with Gasteiger partial charge in [0.15, 0.2) is 0 Å². The zero-order valence-electron chi connectivity index (χ0n) is 7.98. The van der Waals surface area contributed by atoms with Crippen LogP contribution in [0.4, 0.5) is 0 Å². The average Bonchev–Trinajstić information content (AvgIpc) is 2.14. The zero-order chi connectivity index (χ0) is 10.6. The SMILES string of the molecule is CC(N)C(CO)Sc1cccc(Cl)c1. The van der Waals surface area contributed by atoms with Crippen LogP contribution in [0.15, 0.2) is 29.2 Å². The molecule has 2 nitrogen and oxygen atoms in total. The minimum atomic E-state index is -0.0380. The molecule has 0 aliphatic heterocycles. The fraction of sp³-hybridized carbons (Fsp3) is 0.400. The molecular weight excluding hydrogens is 218 g/mol. The fourth-order valence-corrected chi connectivity index (χ4v) is 2.27. The molecule has 0 amide bonds. The smallest absolute Gasteiger partial charge is 0.0568 e. The van der Waals surface area contributed by atoms with Gasteiger partial charge in [-0.3, -0.25) is 0 Å². The van der Waals surface area contributed by atoms with Crippen LogP contribution >= 0.6 is 23.4 Å². The van der Waals surface area contributed by atoms with E-state index in [0.29, 0.717) is 5.02 Å². The van der Waals surface area contributed by atoms with Crippen molar-refractivity contribution in [1.82, 2.24) is 0 Å². The highest BCUT2D eigenvalue weighted by atomic mass is 35.5. The molecule has 4 heteroatoms. The molecule has 0 aliphatic rings. The monoisotopic (exact) mass is 231 g/mol. The Bertz CT molecular complexity index is 293. The van der Waals surface area contributed by atoms with Crippen molar-refractivity contribution in [1.29, 1.82) is 0 Å². The Morgan fingerprint density at radius 2 is 2.29 bits per heavy atom. The summed E-state index contributed by atoms with van der Waals surface area (Å²) >= 11 is 7.40. The van der Waals surface area contributed by atoms with Crippen LogP contribution in [0, 0.1) is 0 Å². The third kappa shape index (κ3) is 3.50. The average molecular weight is 232 g/mol. The highest BCUT2D eigenvalue weighted by Gasteiger charge is 2.13. The van der Waals surface area contributed by atoms with E-state index >= 15 is 0 Å². The first-order valence-electron chi connectivity index (χ1n) is 4.42. The summed E-state index contributed by atoms with van der Waals surface area (Å²) in [6.45, 7) is 1.97. The topological polar surface area (TPSA) is 46.2 Å². The molecule has 0 bridgehead atoms. The van der Waals surface area contributed by atoms with Crippen molar-refractivity contribution in [2.24, 2.45) is 5.73 Å². The molecule has 0 saturated heterocycles. The van der Waals surface area contributed by atoms with Gasteiger partial charge in [0.2, 0.25) is 0 Å². The number of thioether (sulfide) groups is 1. The van der Waals surface area contributed by atoms with Crippen LogP contribution in [-0.4, -0.2) is 23.0 Å². The molecular formula is C10H14ClNOS. The third-order valence-electron chi connectivity index (χ3n) is 1.85. The van der Waals surface area contributed by atoms with E-state index in [9.17, 15) is 0 Å². The van der Waals surface area contributed by atoms with Gasteiger partial charge in [-0.05, 0) is 25.1 Å². The standard InChI is InChI=1S/C10H14ClNOS/c1-7(12)10(6-13)14-9-4-2-3-8(11)5-9/h2-5,7,10,13H,6,12H2,1H3. The molecule has 1 aromatic rings. The van der Waals surface area contributed by atoms with Gasteiger partial charge >= 0.3 is 0 Å². The fourth-order valence-electron chi connectivity index (χ4n) is 1.03. The third-order valence-corrected chi connectivity index (χ3v) is 3.49. The molecule has 14 heavy (non-hydrogen) atoms. The van der Waals surface area contributed by atoms with Crippen LogP contribution in [0.1, 0.15) is 6.92 Å². The lowest BCUT2D eigenvalue weighted by Gasteiger charge is -2.17. The molecule has 1 aromatic carbocycles. The Hall–Kier alpha value is -0.220. The molecule has 0 fully saturated rings. The lowest BCUT2D eigenvalue weighted by molar-refractivity contribution is 0.285. The lowest BCUT2D eigenvalue weighted by Crippen LogP contribution is -2.31. The molecule has 3 N–H and O–H groups in total.